The fourth-order valence-electron chi connectivity index (χ4n) is 10.5. The van der Waals surface area contributed by atoms with Crippen LogP contribution in [0, 0.1) is 0 Å². The number of para-hydroxylation sites is 4. The van der Waals surface area contributed by atoms with E-state index < -0.39 is 0 Å². The molecule has 6 heteroatoms. The van der Waals surface area contributed by atoms with Crippen LogP contribution in [0.3, 0.4) is 0 Å². The lowest BCUT2D eigenvalue weighted by Gasteiger charge is -2.13. The lowest BCUT2D eigenvalue weighted by molar-refractivity contribution is 1.07. The summed E-state index contributed by atoms with van der Waals surface area (Å²) in [7, 11) is 0. The Bertz CT molecular complexity index is 3840. The highest BCUT2D eigenvalue weighted by Gasteiger charge is 2.26. The zero-order chi connectivity index (χ0) is 43.3. The highest BCUT2D eigenvalue weighted by molar-refractivity contribution is 6.21. The first-order valence-electron chi connectivity index (χ1n) is 22.4. The summed E-state index contributed by atoms with van der Waals surface area (Å²) in [4.78, 5) is 10.9. The number of hydrogen-bond donors (Lipinski definition) is 0. The van der Waals surface area contributed by atoms with Gasteiger partial charge in [0.25, 0.3) is 0 Å². The van der Waals surface area contributed by atoms with E-state index in [1.807, 2.05) is 0 Å². The van der Waals surface area contributed by atoms with Crippen molar-refractivity contribution in [1.82, 2.24) is 28.2 Å². The lowest BCUT2D eigenvalue weighted by atomic mass is 10.1. The fraction of sp³-hybridized carbons (Fsp3) is 0. The van der Waals surface area contributed by atoms with Gasteiger partial charge in [0.05, 0.1) is 55.5 Å². The minimum Gasteiger partial charge on any atom is -0.309 e. The molecule has 14 rings (SSSR count). The second kappa shape index (κ2) is 14.3. The Labute approximate surface area is 379 Å². The van der Waals surface area contributed by atoms with E-state index in [1.165, 1.54) is 43.6 Å². The summed E-state index contributed by atoms with van der Waals surface area (Å²) in [6, 6.07) is 82.3. The third kappa shape index (κ3) is 5.36. The largest absolute Gasteiger partial charge is 0.309 e. The van der Waals surface area contributed by atoms with Crippen molar-refractivity contribution in [2.45, 2.75) is 0 Å². The number of rotatable bonds is 6. The van der Waals surface area contributed by atoms with Crippen LogP contribution in [0.4, 0.5) is 0 Å². The average molecular weight is 843 g/mol. The molecular formula is C60H38N6. The predicted octanol–water partition coefficient (Wildman–Crippen LogP) is 15.0. The highest BCUT2D eigenvalue weighted by Crippen LogP contribution is 2.44. The van der Waals surface area contributed by atoms with Gasteiger partial charge in [-0.2, -0.15) is 0 Å². The molecule has 0 aliphatic rings. The maximum Gasteiger partial charge on any atom is 0.138 e. The quantitative estimate of drug-likeness (QED) is 0.167. The van der Waals surface area contributed by atoms with E-state index in [0.29, 0.717) is 0 Å². The number of benzene rings is 8. The molecule has 8 aromatic carbocycles. The van der Waals surface area contributed by atoms with Gasteiger partial charge in [0.15, 0.2) is 0 Å². The lowest BCUT2D eigenvalue weighted by Crippen LogP contribution is -2.01. The van der Waals surface area contributed by atoms with Gasteiger partial charge in [-0.25, -0.2) is 9.97 Å². The molecule has 0 aliphatic carbocycles. The van der Waals surface area contributed by atoms with E-state index in [9.17, 15) is 0 Å². The molecule has 6 nitrogen and oxygen atoms in total. The first kappa shape index (κ1) is 36.5. The van der Waals surface area contributed by atoms with Crippen LogP contribution in [0.15, 0.2) is 231 Å². The zero-order valence-corrected chi connectivity index (χ0v) is 35.6. The smallest absolute Gasteiger partial charge is 0.138 e. The third-order valence-electron chi connectivity index (χ3n) is 13.4. The maximum atomic E-state index is 5.47. The molecule has 0 amide bonds. The van der Waals surface area contributed by atoms with Crippen LogP contribution in [0.25, 0.3) is 122 Å². The second-order valence-electron chi connectivity index (χ2n) is 17.0. The molecule has 0 spiro atoms. The number of hydrogen-bond acceptors (Lipinski definition) is 2. The summed E-state index contributed by atoms with van der Waals surface area (Å²) >= 11 is 0. The summed E-state index contributed by atoms with van der Waals surface area (Å²) in [6.07, 6.45) is 0. The number of nitrogens with zero attached hydrogens (tertiary/aromatic N) is 6. The molecule has 0 radical (unpaired) electrons. The van der Waals surface area contributed by atoms with Crippen LogP contribution < -0.4 is 0 Å². The number of pyridine rings is 2. The summed E-state index contributed by atoms with van der Waals surface area (Å²) in [5.41, 5.74) is 15.0. The van der Waals surface area contributed by atoms with Crippen molar-refractivity contribution in [3.05, 3.63) is 231 Å². The zero-order valence-electron chi connectivity index (χ0n) is 35.6. The van der Waals surface area contributed by atoms with Gasteiger partial charge in [-0.05, 0) is 84.9 Å². The Kier molecular flexibility index (Phi) is 7.88. The van der Waals surface area contributed by atoms with Crippen molar-refractivity contribution in [2.24, 2.45) is 0 Å². The number of aromatic nitrogens is 6. The minimum absolute atomic E-state index is 0.840. The molecule has 0 aliphatic heterocycles. The third-order valence-corrected chi connectivity index (χ3v) is 13.4. The molecule has 0 atom stereocenters. The summed E-state index contributed by atoms with van der Waals surface area (Å²) in [5.74, 6) is 1.68. The first-order valence-corrected chi connectivity index (χ1v) is 22.4. The van der Waals surface area contributed by atoms with Crippen LogP contribution in [-0.2, 0) is 0 Å². The average Bonchev–Trinajstić information content (AvgIpc) is 4.11. The van der Waals surface area contributed by atoms with Gasteiger partial charge in [0.2, 0.25) is 0 Å². The summed E-state index contributed by atoms with van der Waals surface area (Å²) < 4.78 is 9.56. The molecule has 0 bridgehead atoms. The van der Waals surface area contributed by atoms with E-state index >= 15 is 0 Å². The van der Waals surface area contributed by atoms with E-state index in [1.54, 1.807) is 0 Å². The van der Waals surface area contributed by atoms with Gasteiger partial charge < -0.3 is 9.13 Å². The molecule has 0 saturated carbocycles. The summed E-state index contributed by atoms with van der Waals surface area (Å²) in [6.45, 7) is 0. The van der Waals surface area contributed by atoms with Crippen LogP contribution in [0.2, 0.25) is 0 Å². The Balaban J connectivity index is 1.12. The molecule has 308 valence electrons. The van der Waals surface area contributed by atoms with Crippen molar-refractivity contribution in [2.75, 3.05) is 0 Å². The predicted molar refractivity (Wildman–Crippen MR) is 273 cm³/mol. The van der Waals surface area contributed by atoms with Gasteiger partial charge >= 0.3 is 0 Å². The standard InChI is InChI=1S/C60H38N6/c1-3-17-39(18-4-1)49-25-15-31-57(61-49)65-55-37-41(63-51-27-11-7-21-43(51)44-22-8-12-28-52(44)63)33-35-47(55)60-59(65)48-36-34-42(64-53-29-13-9-23-45(53)46-24-10-14-30-54(46)64)38-56(48)66(60)58-32-16-26-50(62-58)40-19-5-2-6-20-40/h1-38H. The van der Waals surface area contributed by atoms with E-state index in [-0.39, 0.29) is 0 Å². The van der Waals surface area contributed by atoms with Gasteiger partial charge in [-0.3, -0.25) is 9.13 Å². The molecule has 0 fully saturated rings. The first-order chi connectivity index (χ1) is 32.8. The molecule has 66 heavy (non-hydrogen) atoms. The minimum atomic E-state index is 0.840. The normalized spacial score (nSPS) is 11.9. The van der Waals surface area contributed by atoms with E-state index in [2.05, 4.69) is 249 Å². The van der Waals surface area contributed by atoms with Gasteiger partial charge in [0, 0.05) is 54.8 Å². The SMILES string of the molecule is c1ccc(-c2cccc(-n3c4cc(-n5c6ccccc6c6ccccc65)ccc4c4c3c3ccc(-n5c6ccccc6c6ccccc65)cc3n4-c3cccc(-c4ccccc4)n3)n2)cc1. The molecule has 0 unspecified atom stereocenters. The Morgan fingerprint density at radius 1 is 0.242 bits per heavy atom. The Morgan fingerprint density at radius 3 is 0.970 bits per heavy atom. The van der Waals surface area contributed by atoms with Crippen molar-refractivity contribution >= 4 is 76.5 Å². The molecule has 0 saturated heterocycles. The maximum absolute atomic E-state index is 5.47. The topological polar surface area (TPSA) is 45.5 Å². The number of fused-ring (bicyclic) bond motifs is 11. The van der Waals surface area contributed by atoms with Gasteiger partial charge in [-0.15, -0.1) is 0 Å². The van der Waals surface area contributed by atoms with Crippen LogP contribution >= 0.6 is 0 Å². The second-order valence-corrected chi connectivity index (χ2v) is 17.0. The van der Waals surface area contributed by atoms with Crippen LogP contribution in [-0.4, -0.2) is 28.2 Å². The Morgan fingerprint density at radius 2 is 0.591 bits per heavy atom. The van der Waals surface area contributed by atoms with Gasteiger partial charge in [0.1, 0.15) is 11.6 Å². The molecule has 14 aromatic rings. The summed E-state index contributed by atoms with van der Waals surface area (Å²) in [5, 5.41) is 7.11. The Hall–Kier alpha value is -9.00. The van der Waals surface area contributed by atoms with Crippen molar-refractivity contribution in [1.29, 1.82) is 0 Å². The van der Waals surface area contributed by atoms with E-state index in [4.69, 9.17) is 9.97 Å². The monoisotopic (exact) mass is 842 g/mol. The highest BCUT2D eigenvalue weighted by atomic mass is 15.1. The van der Waals surface area contributed by atoms with Crippen LogP contribution in [0.5, 0.6) is 0 Å². The van der Waals surface area contributed by atoms with Crippen LogP contribution in [0.1, 0.15) is 0 Å². The van der Waals surface area contributed by atoms with Crippen molar-refractivity contribution in [3.63, 3.8) is 0 Å². The van der Waals surface area contributed by atoms with Crippen molar-refractivity contribution in [3.8, 4) is 45.5 Å². The molecule has 6 heterocycles. The fourth-order valence-corrected chi connectivity index (χ4v) is 10.5. The molecule has 0 N–H and O–H groups in total. The molecule has 6 aromatic heterocycles. The van der Waals surface area contributed by atoms with Gasteiger partial charge in [-0.1, -0.05) is 146 Å². The molecular weight excluding hydrogens is 805 g/mol. The van der Waals surface area contributed by atoms with Crippen molar-refractivity contribution < 1.29 is 0 Å². The van der Waals surface area contributed by atoms with E-state index in [0.717, 1.165) is 78.4 Å².